The number of nitriles is 1. The van der Waals surface area contributed by atoms with Crippen LogP contribution in [0.5, 0.6) is 0 Å². The third-order valence-corrected chi connectivity index (χ3v) is 6.00. The molecular weight excluding hydrogens is 440 g/mol. The quantitative estimate of drug-likeness (QED) is 0.541. The van der Waals surface area contributed by atoms with E-state index in [0.717, 1.165) is 44.5 Å². The lowest BCUT2D eigenvalue weighted by atomic mass is 9.93. The van der Waals surface area contributed by atoms with E-state index in [1.807, 2.05) is 44.2 Å². The molecule has 2 N–H and O–H groups in total. The molecule has 0 bridgehead atoms. The van der Waals surface area contributed by atoms with Crippen LogP contribution in [0.1, 0.15) is 54.9 Å². The summed E-state index contributed by atoms with van der Waals surface area (Å²) < 4.78 is 0. The van der Waals surface area contributed by atoms with Gasteiger partial charge in [-0.05, 0) is 61.9 Å². The number of aliphatic hydroxyl groups excluding tert-OH is 1. The van der Waals surface area contributed by atoms with E-state index < -0.39 is 0 Å². The van der Waals surface area contributed by atoms with Crippen molar-refractivity contribution >= 4 is 23.3 Å². The summed E-state index contributed by atoms with van der Waals surface area (Å²) in [6.45, 7) is 7.68. The summed E-state index contributed by atoms with van der Waals surface area (Å²) in [6.07, 6.45) is 4.49. The number of halogens is 1. The number of hydrazine groups is 1. The second kappa shape index (κ2) is 11.9. The van der Waals surface area contributed by atoms with Gasteiger partial charge in [-0.25, -0.2) is 4.98 Å². The summed E-state index contributed by atoms with van der Waals surface area (Å²) in [4.78, 5) is 23.4. The van der Waals surface area contributed by atoms with Crippen LogP contribution >= 0.6 is 11.6 Å². The number of hydrogen-bond acceptors (Lipinski definition) is 7. The monoisotopic (exact) mass is 470 g/mol. The fraction of sp³-hybridized carbons (Fsp3) is 0.500. The van der Waals surface area contributed by atoms with E-state index in [4.69, 9.17) is 22.0 Å². The second-order valence-electron chi connectivity index (χ2n) is 8.85. The van der Waals surface area contributed by atoms with Crippen molar-refractivity contribution in [3.8, 4) is 6.07 Å². The topological polar surface area (TPSA) is 105 Å². The molecule has 0 saturated carbocycles. The van der Waals surface area contributed by atoms with Crippen molar-refractivity contribution < 1.29 is 9.90 Å². The largest absolute Gasteiger partial charge is 0.396 e. The summed E-state index contributed by atoms with van der Waals surface area (Å²) in [6, 6.07) is 9.50. The molecule has 33 heavy (non-hydrogen) atoms. The predicted octanol–water partition coefficient (Wildman–Crippen LogP) is 3.40. The van der Waals surface area contributed by atoms with E-state index in [1.165, 1.54) is 6.20 Å². The molecule has 2 heterocycles. The summed E-state index contributed by atoms with van der Waals surface area (Å²) in [5.74, 6) is 0.846. The van der Waals surface area contributed by atoms with Crippen molar-refractivity contribution in [2.45, 2.75) is 39.7 Å². The smallest absolute Gasteiger partial charge is 0.269 e. The Bertz CT molecular complexity index is 968. The normalized spacial score (nSPS) is 14.8. The molecule has 0 spiro atoms. The van der Waals surface area contributed by atoms with E-state index in [9.17, 15) is 4.79 Å². The summed E-state index contributed by atoms with van der Waals surface area (Å²) in [5.41, 5.74) is 4.55. The maximum atomic E-state index is 12.9. The number of nitrogens with zero attached hydrogens (tertiary/aromatic N) is 5. The number of nitrogens with one attached hydrogen (secondary N) is 1. The lowest BCUT2D eigenvalue weighted by molar-refractivity contribution is 0.0947. The number of amides is 1. The second-order valence-corrected chi connectivity index (χ2v) is 9.26. The molecule has 1 fully saturated rings. The number of benzene rings is 1. The van der Waals surface area contributed by atoms with Gasteiger partial charge in [0.15, 0.2) is 5.82 Å². The number of hydrogen-bond donors (Lipinski definition) is 2. The first-order chi connectivity index (χ1) is 15.9. The molecule has 1 saturated heterocycles. The lowest BCUT2D eigenvalue weighted by Crippen LogP contribution is -2.45. The van der Waals surface area contributed by atoms with Gasteiger partial charge < -0.3 is 5.11 Å². The molecule has 0 radical (unpaired) electrons. The molecule has 9 heteroatoms. The summed E-state index contributed by atoms with van der Waals surface area (Å²) in [7, 11) is 0. The van der Waals surface area contributed by atoms with Crippen LogP contribution in [0.4, 0.5) is 5.82 Å². The highest BCUT2D eigenvalue weighted by Gasteiger charge is 2.20. The fourth-order valence-corrected chi connectivity index (χ4v) is 4.17. The predicted molar refractivity (Wildman–Crippen MR) is 128 cm³/mol. The minimum atomic E-state index is -0.278. The Kier molecular flexibility index (Phi) is 9.01. The maximum absolute atomic E-state index is 12.9. The number of aromatic nitrogens is 2. The van der Waals surface area contributed by atoms with Crippen LogP contribution in [0.3, 0.4) is 0 Å². The molecule has 8 nitrogen and oxygen atoms in total. The maximum Gasteiger partial charge on any atom is 0.269 e. The van der Waals surface area contributed by atoms with E-state index in [0.29, 0.717) is 23.8 Å². The highest BCUT2D eigenvalue weighted by atomic mass is 35.5. The van der Waals surface area contributed by atoms with Crippen LogP contribution in [0.25, 0.3) is 0 Å². The highest BCUT2D eigenvalue weighted by molar-refractivity contribution is 6.32. The first-order valence-electron chi connectivity index (χ1n) is 11.3. The van der Waals surface area contributed by atoms with E-state index in [1.54, 1.807) is 5.01 Å². The molecule has 2 aromatic rings. The van der Waals surface area contributed by atoms with Crippen molar-refractivity contribution in [1.82, 2.24) is 20.3 Å². The molecule has 1 aromatic carbocycles. The van der Waals surface area contributed by atoms with Crippen molar-refractivity contribution in [2.75, 3.05) is 31.3 Å². The number of likely N-dealkylation sites (tertiary alicyclic amines) is 1. The van der Waals surface area contributed by atoms with Gasteiger partial charge >= 0.3 is 0 Å². The van der Waals surface area contributed by atoms with Gasteiger partial charge in [0.05, 0.1) is 6.20 Å². The number of aliphatic hydroxyl groups is 1. The van der Waals surface area contributed by atoms with Crippen molar-refractivity contribution in [3.05, 3.63) is 52.4 Å². The molecule has 1 aromatic heterocycles. The van der Waals surface area contributed by atoms with E-state index in [2.05, 4.69) is 20.3 Å². The Labute approximate surface area is 200 Å². The zero-order chi connectivity index (χ0) is 23.8. The van der Waals surface area contributed by atoms with Gasteiger partial charge in [-0.1, -0.05) is 37.6 Å². The lowest BCUT2D eigenvalue weighted by Gasteiger charge is -2.31. The van der Waals surface area contributed by atoms with Crippen LogP contribution in [-0.2, 0) is 6.54 Å². The van der Waals surface area contributed by atoms with Gasteiger partial charge in [0.1, 0.15) is 11.1 Å². The average molecular weight is 471 g/mol. The standard InChI is InChI=1S/C24H31ClN6O2/c1-17(2)15-31(23-21(25)14-27-22(13-26)28-23)29-24(33)20-5-3-19(4-6-20)16-30-10-7-18(8-11-30)9-12-32/h3-6,14,17-18,32H,7-12,15-16H2,1-2H3,(H,29,33). The Morgan fingerprint density at radius 1 is 1.33 bits per heavy atom. The molecule has 1 aliphatic heterocycles. The third-order valence-electron chi connectivity index (χ3n) is 5.73. The van der Waals surface area contributed by atoms with Gasteiger partial charge in [-0.15, -0.1) is 0 Å². The van der Waals surface area contributed by atoms with Crippen LogP contribution in [0.15, 0.2) is 30.5 Å². The number of rotatable bonds is 9. The summed E-state index contributed by atoms with van der Waals surface area (Å²) in [5, 5.41) is 20.1. The van der Waals surface area contributed by atoms with Gasteiger partial charge in [-0.3, -0.25) is 20.1 Å². The van der Waals surface area contributed by atoms with Gasteiger partial charge in [0, 0.05) is 25.3 Å². The number of carbonyl (C=O) groups is 1. The fourth-order valence-electron chi connectivity index (χ4n) is 3.97. The van der Waals surface area contributed by atoms with Crippen molar-refractivity contribution in [1.29, 1.82) is 5.26 Å². The molecular formula is C24H31ClN6O2. The van der Waals surface area contributed by atoms with E-state index in [-0.39, 0.29) is 29.3 Å². The number of carbonyl (C=O) groups excluding carboxylic acids is 1. The zero-order valence-electron chi connectivity index (χ0n) is 19.2. The van der Waals surface area contributed by atoms with Crippen molar-refractivity contribution in [3.63, 3.8) is 0 Å². The minimum Gasteiger partial charge on any atom is -0.396 e. The summed E-state index contributed by atoms with van der Waals surface area (Å²) >= 11 is 6.26. The minimum absolute atomic E-state index is 0.0119. The Morgan fingerprint density at radius 2 is 2.03 bits per heavy atom. The number of piperidine rings is 1. The first-order valence-corrected chi connectivity index (χ1v) is 11.7. The van der Waals surface area contributed by atoms with Crippen LogP contribution in [-0.4, -0.2) is 52.1 Å². The van der Waals surface area contributed by atoms with Crippen LogP contribution in [0.2, 0.25) is 5.02 Å². The van der Waals surface area contributed by atoms with Crippen molar-refractivity contribution in [2.24, 2.45) is 11.8 Å². The Morgan fingerprint density at radius 3 is 2.64 bits per heavy atom. The molecule has 1 aliphatic rings. The third kappa shape index (κ3) is 7.13. The van der Waals surface area contributed by atoms with Gasteiger partial charge in [-0.2, -0.15) is 10.2 Å². The van der Waals surface area contributed by atoms with Gasteiger partial charge in [0.25, 0.3) is 5.91 Å². The van der Waals surface area contributed by atoms with Crippen LogP contribution in [0, 0.1) is 23.2 Å². The molecule has 0 unspecified atom stereocenters. The zero-order valence-corrected chi connectivity index (χ0v) is 19.9. The first kappa shape index (κ1) is 24.9. The molecule has 0 atom stereocenters. The highest BCUT2D eigenvalue weighted by Crippen LogP contribution is 2.23. The molecule has 3 rings (SSSR count). The molecule has 176 valence electrons. The molecule has 0 aliphatic carbocycles. The average Bonchev–Trinajstić information content (AvgIpc) is 2.80. The Hall–Kier alpha value is -2.73. The van der Waals surface area contributed by atoms with E-state index >= 15 is 0 Å². The van der Waals surface area contributed by atoms with Crippen LogP contribution < -0.4 is 10.4 Å². The molecule has 1 amide bonds. The number of anilines is 1. The Balaban J connectivity index is 1.64. The van der Waals surface area contributed by atoms with Gasteiger partial charge in [0.2, 0.25) is 5.82 Å². The SMILES string of the molecule is CC(C)CN(NC(=O)c1ccc(CN2CCC(CCO)CC2)cc1)c1nc(C#N)ncc1Cl.